The van der Waals surface area contributed by atoms with Crippen molar-refractivity contribution >= 4 is 45.6 Å². The summed E-state index contributed by atoms with van der Waals surface area (Å²) >= 11 is 1.62. The molecule has 1 aliphatic rings. The molecule has 1 aromatic heterocycles. The van der Waals surface area contributed by atoms with E-state index in [-0.39, 0.29) is 24.1 Å². The van der Waals surface area contributed by atoms with Gasteiger partial charge in [0.05, 0.1) is 15.9 Å². The van der Waals surface area contributed by atoms with E-state index < -0.39 is 0 Å². The van der Waals surface area contributed by atoms with Crippen LogP contribution in [-0.4, -0.2) is 42.0 Å². The van der Waals surface area contributed by atoms with Crippen LogP contribution in [0.25, 0.3) is 20.8 Å². The van der Waals surface area contributed by atoms with E-state index in [4.69, 9.17) is 4.98 Å². The SMILES string of the molecule is Cl.O=C(Nc1ccccc1-c1nc2ccc(CN3CCNCC3)cc2s1)c1ccc(F)cc1. The third-order valence-electron chi connectivity index (χ3n) is 5.58. The Labute approximate surface area is 202 Å². The fraction of sp³-hybridized carbons (Fsp3) is 0.200. The molecule has 0 aliphatic carbocycles. The Morgan fingerprint density at radius 2 is 1.82 bits per heavy atom. The Kier molecular flexibility index (Phi) is 7.35. The molecule has 5 nitrogen and oxygen atoms in total. The number of hydrogen-bond donors (Lipinski definition) is 2. The number of halogens is 2. The molecular formula is C25H24ClFN4OS. The van der Waals surface area contributed by atoms with Gasteiger partial charge in [0.15, 0.2) is 0 Å². The Bertz CT molecular complexity index is 1250. The van der Waals surface area contributed by atoms with Crippen molar-refractivity contribution in [3.63, 3.8) is 0 Å². The number of para-hydroxylation sites is 1. The summed E-state index contributed by atoms with van der Waals surface area (Å²) in [4.78, 5) is 19.9. The molecule has 8 heteroatoms. The van der Waals surface area contributed by atoms with E-state index in [1.54, 1.807) is 11.3 Å². The van der Waals surface area contributed by atoms with Gasteiger partial charge in [0, 0.05) is 43.9 Å². The fourth-order valence-electron chi connectivity index (χ4n) is 3.88. The minimum absolute atomic E-state index is 0. The first-order chi connectivity index (χ1) is 15.7. The topological polar surface area (TPSA) is 57.3 Å². The van der Waals surface area contributed by atoms with E-state index in [2.05, 4.69) is 33.7 Å². The monoisotopic (exact) mass is 482 g/mol. The molecule has 0 saturated carbocycles. The second kappa shape index (κ2) is 10.4. The van der Waals surface area contributed by atoms with E-state index in [1.165, 1.54) is 29.8 Å². The number of fused-ring (bicyclic) bond motifs is 1. The van der Waals surface area contributed by atoms with Crippen molar-refractivity contribution in [1.82, 2.24) is 15.2 Å². The Balaban J connectivity index is 0.00000259. The molecule has 1 amide bonds. The van der Waals surface area contributed by atoms with Gasteiger partial charge in [0.2, 0.25) is 0 Å². The molecule has 170 valence electrons. The molecule has 4 aromatic rings. The number of hydrogen-bond acceptors (Lipinski definition) is 5. The van der Waals surface area contributed by atoms with Crippen LogP contribution in [0.1, 0.15) is 15.9 Å². The Morgan fingerprint density at radius 3 is 2.61 bits per heavy atom. The van der Waals surface area contributed by atoms with Gasteiger partial charge in [-0.15, -0.1) is 23.7 Å². The number of thiazole rings is 1. The number of benzene rings is 3. The number of nitrogens with zero attached hydrogens (tertiary/aromatic N) is 2. The van der Waals surface area contributed by atoms with Crippen molar-refractivity contribution < 1.29 is 9.18 Å². The van der Waals surface area contributed by atoms with Gasteiger partial charge in [-0.3, -0.25) is 9.69 Å². The van der Waals surface area contributed by atoms with Crippen LogP contribution >= 0.6 is 23.7 Å². The van der Waals surface area contributed by atoms with Gasteiger partial charge in [0.1, 0.15) is 10.8 Å². The molecule has 2 heterocycles. The summed E-state index contributed by atoms with van der Waals surface area (Å²) in [6, 6.07) is 19.6. The third kappa shape index (κ3) is 5.39. The van der Waals surface area contributed by atoms with Crippen molar-refractivity contribution in [2.24, 2.45) is 0 Å². The van der Waals surface area contributed by atoms with Crippen LogP contribution in [-0.2, 0) is 6.54 Å². The van der Waals surface area contributed by atoms with Gasteiger partial charge >= 0.3 is 0 Å². The fourth-order valence-corrected chi connectivity index (χ4v) is 4.95. The predicted octanol–water partition coefficient (Wildman–Crippen LogP) is 5.18. The molecule has 1 saturated heterocycles. The molecule has 0 spiro atoms. The van der Waals surface area contributed by atoms with Crippen molar-refractivity contribution in [3.05, 3.63) is 83.7 Å². The number of carbonyl (C=O) groups excluding carboxylic acids is 1. The molecule has 1 aliphatic heterocycles. The van der Waals surface area contributed by atoms with Crippen LogP contribution in [0.4, 0.5) is 10.1 Å². The molecule has 0 radical (unpaired) electrons. The summed E-state index contributed by atoms with van der Waals surface area (Å²) in [7, 11) is 0. The first kappa shape index (κ1) is 23.3. The maximum absolute atomic E-state index is 13.2. The van der Waals surface area contributed by atoms with Gasteiger partial charge in [-0.25, -0.2) is 9.37 Å². The van der Waals surface area contributed by atoms with Gasteiger partial charge in [-0.1, -0.05) is 18.2 Å². The van der Waals surface area contributed by atoms with Gasteiger partial charge in [-0.2, -0.15) is 0 Å². The van der Waals surface area contributed by atoms with Gasteiger partial charge < -0.3 is 10.6 Å². The second-order valence-corrected chi connectivity index (χ2v) is 8.88. The van der Waals surface area contributed by atoms with Gasteiger partial charge in [0.25, 0.3) is 5.91 Å². The van der Waals surface area contributed by atoms with Crippen molar-refractivity contribution in [2.45, 2.75) is 6.54 Å². The van der Waals surface area contributed by atoms with Crippen LogP contribution in [0, 0.1) is 5.82 Å². The first-order valence-corrected chi connectivity index (χ1v) is 11.5. The second-order valence-electron chi connectivity index (χ2n) is 7.85. The molecule has 0 bridgehead atoms. The third-order valence-corrected chi connectivity index (χ3v) is 6.63. The van der Waals surface area contributed by atoms with Gasteiger partial charge in [-0.05, 0) is 54.1 Å². The van der Waals surface area contributed by atoms with Crippen molar-refractivity contribution in [3.8, 4) is 10.6 Å². The lowest BCUT2D eigenvalue weighted by Gasteiger charge is -2.27. The lowest BCUT2D eigenvalue weighted by molar-refractivity contribution is 0.102. The van der Waals surface area contributed by atoms with Crippen molar-refractivity contribution in [2.75, 3.05) is 31.5 Å². The summed E-state index contributed by atoms with van der Waals surface area (Å²) in [6.45, 7) is 5.14. The molecule has 2 N–H and O–H groups in total. The normalized spacial score (nSPS) is 14.1. The highest BCUT2D eigenvalue weighted by Gasteiger charge is 2.15. The Morgan fingerprint density at radius 1 is 1.06 bits per heavy atom. The predicted molar refractivity (Wildman–Crippen MR) is 135 cm³/mol. The summed E-state index contributed by atoms with van der Waals surface area (Å²) in [6.07, 6.45) is 0. The summed E-state index contributed by atoms with van der Waals surface area (Å²) < 4.78 is 14.3. The van der Waals surface area contributed by atoms with Crippen LogP contribution in [0.5, 0.6) is 0 Å². The van der Waals surface area contributed by atoms with Crippen LogP contribution in [0.3, 0.4) is 0 Å². The van der Waals surface area contributed by atoms with E-state index in [0.717, 1.165) is 53.5 Å². The zero-order valence-corrected chi connectivity index (χ0v) is 19.5. The summed E-state index contributed by atoms with van der Waals surface area (Å²) in [5.41, 5.74) is 4.19. The largest absolute Gasteiger partial charge is 0.321 e. The quantitative estimate of drug-likeness (QED) is 0.411. The van der Waals surface area contributed by atoms with E-state index in [1.807, 2.05) is 24.3 Å². The molecule has 5 rings (SSSR count). The number of anilines is 1. The summed E-state index contributed by atoms with van der Waals surface area (Å²) in [5, 5.41) is 7.19. The average Bonchev–Trinajstić information content (AvgIpc) is 3.24. The molecule has 33 heavy (non-hydrogen) atoms. The first-order valence-electron chi connectivity index (χ1n) is 10.6. The highest BCUT2D eigenvalue weighted by molar-refractivity contribution is 7.21. The number of carbonyl (C=O) groups is 1. The minimum atomic E-state index is -0.368. The van der Waals surface area contributed by atoms with E-state index in [0.29, 0.717) is 11.3 Å². The van der Waals surface area contributed by atoms with Crippen LogP contribution in [0.2, 0.25) is 0 Å². The number of aromatic nitrogens is 1. The smallest absolute Gasteiger partial charge is 0.255 e. The van der Waals surface area contributed by atoms with E-state index in [9.17, 15) is 9.18 Å². The molecule has 3 aromatic carbocycles. The molecular weight excluding hydrogens is 459 g/mol. The van der Waals surface area contributed by atoms with Crippen LogP contribution < -0.4 is 10.6 Å². The zero-order valence-electron chi connectivity index (χ0n) is 17.9. The van der Waals surface area contributed by atoms with Crippen molar-refractivity contribution in [1.29, 1.82) is 0 Å². The van der Waals surface area contributed by atoms with E-state index >= 15 is 0 Å². The standard InChI is InChI=1S/C25H23FN4OS.ClH/c26-19-8-6-18(7-9-19)24(31)28-21-4-2-1-3-20(21)25-29-22-10-5-17(15-23(22)32-25)16-30-13-11-27-12-14-30;/h1-10,15,27H,11-14,16H2,(H,28,31);1H. The molecule has 0 atom stereocenters. The number of piperazine rings is 1. The maximum Gasteiger partial charge on any atom is 0.255 e. The Hall–Kier alpha value is -2.84. The lowest BCUT2D eigenvalue weighted by Crippen LogP contribution is -2.42. The highest BCUT2D eigenvalue weighted by atomic mass is 35.5. The minimum Gasteiger partial charge on any atom is -0.321 e. The maximum atomic E-state index is 13.2. The molecule has 1 fully saturated rings. The number of rotatable bonds is 5. The average molecular weight is 483 g/mol. The summed E-state index contributed by atoms with van der Waals surface area (Å²) in [5.74, 6) is -0.649. The lowest BCUT2D eigenvalue weighted by atomic mass is 10.1. The van der Waals surface area contributed by atoms with Crippen LogP contribution in [0.15, 0.2) is 66.7 Å². The highest BCUT2D eigenvalue weighted by Crippen LogP contribution is 2.35. The number of amides is 1. The zero-order chi connectivity index (χ0) is 21.9. The molecule has 0 unspecified atom stereocenters. The number of nitrogens with one attached hydrogen (secondary N) is 2.